The molecule has 2 rings (SSSR count). The van der Waals surface area contributed by atoms with Gasteiger partial charge in [-0.25, -0.2) is 4.79 Å². The van der Waals surface area contributed by atoms with E-state index in [2.05, 4.69) is 10.6 Å². The number of amides is 2. The predicted octanol–water partition coefficient (Wildman–Crippen LogP) is 4.58. The predicted molar refractivity (Wildman–Crippen MR) is 84.9 cm³/mol. The Hall–Kier alpha value is -2.75. The lowest BCUT2D eigenvalue weighted by molar-refractivity contribution is -0.138. The van der Waals surface area contributed by atoms with E-state index in [1.165, 1.54) is 6.07 Å². The molecular formula is C17H14F6N2O2. The second-order valence-corrected chi connectivity index (χ2v) is 5.55. The van der Waals surface area contributed by atoms with Gasteiger partial charge >= 0.3 is 18.4 Å². The van der Waals surface area contributed by atoms with Crippen molar-refractivity contribution in [2.45, 2.75) is 18.5 Å². The molecule has 1 unspecified atom stereocenters. The summed E-state index contributed by atoms with van der Waals surface area (Å²) in [6.45, 7) is -0.351. The molecule has 0 bridgehead atoms. The van der Waals surface area contributed by atoms with Crippen molar-refractivity contribution in [2.24, 2.45) is 0 Å². The Morgan fingerprint density at radius 3 is 2.07 bits per heavy atom. The number of aliphatic hydroxyl groups is 1. The lowest BCUT2D eigenvalue weighted by atomic mass is 10.1. The summed E-state index contributed by atoms with van der Waals surface area (Å²) >= 11 is 0. The van der Waals surface area contributed by atoms with E-state index in [0.717, 1.165) is 42.5 Å². The third kappa shape index (κ3) is 5.88. The van der Waals surface area contributed by atoms with E-state index in [9.17, 15) is 36.2 Å². The summed E-state index contributed by atoms with van der Waals surface area (Å²) < 4.78 is 75.3. The summed E-state index contributed by atoms with van der Waals surface area (Å²) in [5.74, 6) is 0. The molecule has 0 aliphatic carbocycles. The molecule has 2 aromatic rings. The van der Waals surface area contributed by atoms with Crippen LogP contribution >= 0.6 is 0 Å². The van der Waals surface area contributed by atoms with Crippen molar-refractivity contribution in [2.75, 3.05) is 11.9 Å². The van der Waals surface area contributed by atoms with Crippen LogP contribution in [0, 0.1) is 0 Å². The molecule has 0 saturated carbocycles. The summed E-state index contributed by atoms with van der Waals surface area (Å²) in [7, 11) is 0. The zero-order valence-electron chi connectivity index (χ0n) is 13.5. The molecule has 0 aromatic heterocycles. The Morgan fingerprint density at radius 1 is 0.926 bits per heavy atom. The first-order valence-corrected chi connectivity index (χ1v) is 7.54. The quantitative estimate of drug-likeness (QED) is 0.667. The zero-order valence-corrected chi connectivity index (χ0v) is 13.5. The Bertz CT molecular complexity index is 787. The number of hydrogen-bond acceptors (Lipinski definition) is 2. The van der Waals surface area contributed by atoms with Crippen LogP contribution in [0.25, 0.3) is 0 Å². The van der Waals surface area contributed by atoms with Gasteiger partial charge in [0.2, 0.25) is 0 Å². The number of hydrogen-bond donors (Lipinski definition) is 3. The van der Waals surface area contributed by atoms with Gasteiger partial charge in [0, 0.05) is 12.2 Å². The van der Waals surface area contributed by atoms with Gasteiger partial charge < -0.3 is 15.7 Å². The number of benzene rings is 2. The van der Waals surface area contributed by atoms with Crippen molar-refractivity contribution in [1.82, 2.24) is 5.32 Å². The molecule has 10 heteroatoms. The highest BCUT2D eigenvalue weighted by atomic mass is 19.4. The van der Waals surface area contributed by atoms with Gasteiger partial charge in [-0.15, -0.1) is 0 Å². The van der Waals surface area contributed by atoms with E-state index in [1.54, 1.807) is 0 Å². The molecule has 1 atom stereocenters. The maximum Gasteiger partial charge on any atom is 0.416 e. The second kappa shape index (κ2) is 7.87. The number of halogens is 6. The maximum absolute atomic E-state index is 12.6. The molecule has 27 heavy (non-hydrogen) atoms. The Balaban J connectivity index is 1.92. The summed E-state index contributed by atoms with van der Waals surface area (Å²) in [6, 6.07) is 6.81. The van der Waals surface area contributed by atoms with Gasteiger partial charge in [0.15, 0.2) is 0 Å². The summed E-state index contributed by atoms with van der Waals surface area (Å²) in [6.07, 6.45) is -10.4. The lowest BCUT2D eigenvalue weighted by Crippen LogP contribution is -2.32. The highest BCUT2D eigenvalue weighted by Crippen LogP contribution is 2.31. The summed E-state index contributed by atoms with van der Waals surface area (Å²) in [5.41, 5.74) is -1.78. The number of nitrogens with one attached hydrogen (secondary N) is 2. The van der Waals surface area contributed by atoms with Gasteiger partial charge in [0.1, 0.15) is 0 Å². The molecule has 2 aromatic carbocycles. The van der Waals surface area contributed by atoms with E-state index < -0.39 is 35.6 Å². The van der Waals surface area contributed by atoms with Crippen molar-refractivity contribution in [3.8, 4) is 0 Å². The van der Waals surface area contributed by atoms with Gasteiger partial charge in [0.05, 0.1) is 17.2 Å². The SMILES string of the molecule is O=C(NCC(O)c1ccc(C(F)(F)F)cc1)Nc1cccc(C(F)(F)F)c1. The van der Waals surface area contributed by atoms with Crippen LogP contribution in [-0.2, 0) is 12.4 Å². The van der Waals surface area contributed by atoms with Crippen LogP contribution in [0.2, 0.25) is 0 Å². The van der Waals surface area contributed by atoms with Gasteiger partial charge in [-0.05, 0) is 35.9 Å². The molecule has 0 spiro atoms. The fraction of sp³-hybridized carbons (Fsp3) is 0.235. The van der Waals surface area contributed by atoms with Gasteiger partial charge in [-0.2, -0.15) is 26.3 Å². The van der Waals surface area contributed by atoms with Gasteiger partial charge in [-0.3, -0.25) is 0 Å². The molecule has 0 aliphatic heterocycles. The largest absolute Gasteiger partial charge is 0.416 e. The average molecular weight is 392 g/mol. The first-order chi connectivity index (χ1) is 12.5. The Morgan fingerprint density at radius 2 is 1.52 bits per heavy atom. The van der Waals surface area contributed by atoms with E-state index in [4.69, 9.17) is 0 Å². The molecule has 0 saturated heterocycles. The summed E-state index contributed by atoms with van der Waals surface area (Å²) in [4.78, 5) is 11.7. The van der Waals surface area contributed by atoms with Crippen molar-refractivity contribution in [3.05, 3.63) is 65.2 Å². The minimum Gasteiger partial charge on any atom is -0.387 e. The van der Waals surface area contributed by atoms with Crippen LogP contribution in [0.5, 0.6) is 0 Å². The summed E-state index contributed by atoms with van der Waals surface area (Å²) in [5, 5.41) is 14.3. The first-order valence-electron chi connectivity index (χ1n) is 7.54. The highest BCUT2D eigenvalue weighted by molar-refractivity contribution is 5.89. The number of alkyl halides is 6. The number of anilines is 1. The number of rotatable bonds is 4. The Labute approximate surface area is 149 Å². The maximum atomic E-state index is 12.6. The minimum atomic E-state index is -4.56. The lowest BCUT2D eigenvalue weighted by Gasteiger charge is -2.14. The van der Waals surface area contributed by atoms with Crippen LogP contribution < -0.4 is 10.6 Å². The topological polar surface area (TPSA) is 61.4 Å². The van der Waals surface area contributed by atoms with E-state index >= 15 is 0 Å². The van der Waals surface area contributed by atoms with Crippen molar-refractivity contribution >= 4 is 11.7 Å². The minimum absolute atomic E-state index is 0.105. The standard InChI is InChI=1S/C17H14F6N2O2/c18-16(19,20)11-6-4-10(5-7-11)14(26)9-24-15(27)25-13-3-1-2-12(8-13)17(21,22)23/h1-8,14,26H,9H2,(H2,24,25,27). The van der Waals surface area contributed by atoms with Crippen LogP contribution in [0.15, 0.2) is 48.5 Å². The monoisotopic (exact) mass is 392 g/mol. The number of urea groups is 1. The van der Waals surface area contributed by atoms with Gasteiger partial charge in [-0.1, -0.05) is 18.2 Å². The zero-order chi connectivity index (χ0) is 20.2. The molecule has 146 valence electrons. The Kier molecular flexibility index (Phi) is 5.99. The number of aliphatic hydroxyl groups excluding tert-OH is 1. The normalized spacial score (nSPS) is 13.1. The van der Waals surface area contributed by atoms with E-state index in [0.29, 0.717) is 0 Å². The smallest absolute Gasteiger partial charge is 0.387 e. The second-order valence-electron chi connectivity index (χ2n) is 5.55. The highest BCUT2D eigenvalue weighted by Gasteiger charge is 2.31. The van der Waals surface area contributed by atoms with Crippen molar-refractivity contribution < 1.29 is 36.2 Å². The average Bonchev–Trinajstić information content (AvgIpc) is 2.58. The van der Waals surface area contributed by atoms with E-state index in [-0.39, 0.29) is 17.8 Å². The van der Waals surface area contributed by atoms with Crippen molar-refractivity contribution in [1.29, 1.82) is 0 Å². The molecule has 0 heterocycles. The molecular weight excluding hydrogens is 378 g/mol. The van der Waals surface area contributed by atoms with Gasteiger partial charge in [0.25, 0.3) is 0 Å². The molecule has 3 N–H and O–H groups in total. The third-order valence-electron chi connectivity index (χ3n) is 3.53. The third-order valence-corrected chi connectivity index (χ3v) is 3.53. The van der Waals surface area contributed by atoms with Crippen LogP contribution in [0.3, 0.4) is 0 Å². The van der Waals surface area contributed by atoms with Crippen LogP contribution in [-0.4, -0.2) is 17.7 Å². The molecule has 0 aliphatic rings. The number of carbonyl (C=O) groups is 1. The molecule has 4 nitrogen and oxygen atoms in total. The number of carbonyl (C=O) groups excluding carboxylic acids is 1. The fourth-order valence-corrected chi connectivity index (χ4v) is 2.15. The van der Waals surface area contributed by atoms with Crippen LogP contribution in [0.1, 0.15) is 22.8 Å². The first kappa shape index (κ1) is 20.6. The van der Waals surface area contributed by atoms with Crippen molar-refractivity contribution in [3.63, 3.8) is 0 Å². The van der Waals surface area contributed by atoms with E-state index in [1.807, 2.05) is 0 Å². The molecule has 2 amide bonds. The molecule has 0 radical (unpaired) electrons. The van der Waals surface area contributed by atoms with Crippen LogP contribution in [0.4, 0.5) is 36.8 Å². The molecule has 0 fully saturated rings. The fourth-order valence-electron chi connectivity index (χ4n) is 2.15.